The summed E-state index contributed by atoms with van der Waals surface area (Å²) in [7, 11) is 0. The minimum Gasteiger partial charge on any atom is -0.396 e. The molecule has 1 atom stereocenters. The monoisotopic (exact) mass is 276 g/mol. The molecule has 0 saturated heterocycles. The van der Waals surface area contributed by atoms with Gasteiger partial charge in [-0.1, -0.05) is 0 Å². The van der Waals surface area contributed by atoms with Crippen molar-refractivity contribution in [1.29, 1.82) is 0 Å². The third-order valence-electron chi connectivity index (χ3n) is 1.66. The first-order chi connectivity index (χ1) is 6.74. The van der Waals surface area contributed by atoms with E-state index in [2.05, 4.69) is 20.9 Å². The summed E-state index contributed by atoms with van der Waals surface area (Å²) in [4.78, 5) is 4.21. The van der Waals surface area contributed by atoms with Gasteiger partial charge in [0.15, 0.2) is 0 Å². The van der Waals surface area contributed by atoms with Crippen molar-refractivity contribution in [3.8, 4) is 0 Å². The van der Waals surface area contributed by atoms with E-state index in [4.69, 9.17) is 10.8 Å². The van der Waals surface area contributed by atoms with Gasteiger partial charge >= 0.3 is 0 Å². The molecule has 0 spiro atoms. The van der Waals surface area contributed by atoms with Crippen molar-refractivity contribution in [2.24, 2.45) is 5.73 Å². The Kier molecular flexibility index (Phi) is 5.47. The number of pyridine rings is 1. The summed E-state index contributed by atoms with van der Waals surface area (Å²) >= 11 is 5.01. The summed E-state index contributed by atoms with van der Waals surface area (Å²) in [5, 5.41) is 9.62. The van der Waals surface area contributed by atoms with Gasteiger partial charge in [0.05, 0.1) is 0 Å². The van der Waals surface area contributed by atoms with Gasteiger partial charge in [0.25, 0.3) is 0 Å². The van der Waals surface area contributed by atoms with Crippen LogP contribution in [0.1, 0.15) is 6.42 Å². The summed E-state index contributed by atoms with van der Waals surface area (Å²) in [6.45, 7) is 0.144. The zero-order chi connectivity index (χ0) is 10.4. The normalized spacial score (nSPS) is 12.8. The second-order valence-electron chi connectivity index (χ2n) is 2.87. The minimum absolute atomic E-state index is 0.0268. The maximum absolute atomic E-state index is 8.67. The molecular formula is C9H13BrN2OS. The van der Waals surface area contributed by atoms with Crippen LogP contribution >= 0.6 is 27.7 Å². The van der Waals surface area contributed by atoms with Gasteiger partial charge in [-0.2, -0.15) is 0 Å². The lowest BCUT2D eigenvalue weighted by Crippen LogP contribution is -2.24. The number of nitrogens with zero attached hydrogens (tertiary/aromatic N) is 1. The molecule has 3 nitrogen and oxygen atoms in total. The van der Waals surface area contributed by atoms with Crippen molar-refractivity contribution in [1.82, 2.24) is 4.98 Å². The summed E-state index contributed by atoms with van der Waals surface area (Å²) in [5.74, 6) is 0.774. The maximum atomic E-state index is 8.67. The van der Waals surface area contributed by atoms with Gasteiger partial charge in [-0.05, 0) is 34.5 Å². The topological polar surface area (TPSA) is 59.1 Å². The number of thioether (sulfide) groups is 1. The Bertz CT molecular complexity index is 285. The number of rotatable bonds is 5. The molecule has 0 aliphatic heterocycles. The number of hydrogen-bond acceptors (Lipinski definition) is 4. The molecule has 5 heteroatoms. The van der Waals surface area contributed by atoms with Crippen molar-refractivity contribution >= 4 is 27.7 Å². The van der Waals surface area contributed by atoms with E-state index in [1.165, 1.54) is 0 Å². The maximum Gasteiger partial charge on any atom is 0.110 e. The van der Waals surface area contributed by atoms with Gasteiger partial charge in [0.1, 0.15) is 5.03 Å². The third kappa shape index (κ3) is 3.96. The highest BCUT2D eigenvalue weighted by molar-refractivity contribution is 9.10. The van der Waals surface area contributed by atoms with Gasteiger partial charge in [-0.25, -0.2) is 4.98 Å². The third-order valence-corrected chi connectivity index (χ3v) is 3.75. The lowest BCUT2D eigenvalue weighted by atomic mass is 10.3. The number of nitrogens with two attached hydrogens (primary N) is 1. The number of aromatic nitrogens is 1. The van der Waals surface area contributed by atoms with E-state index in [9.17, 15) is 0 Å². The van der Waals surface area contributed by atoms with Gasteiger partial charge in [-0.15, -0.1) is 11.8 Å². The van der Waals surface area contributed by atoms with E-state index >= 15 is 0 Å². The Balaban J connectivity index is 2.41. The molecule has 0 aliphatic carbocycles. The molecule has 3 N–H and O–H groups in total. The minimum atomic E-state index is 0.0268. The van der Waals surface area contributed by atoms with Crippen LogP contribution in [-0.4, -0.2) is 28.5 Å². The highest BCUT2D eigenvalue weighted by Crippen LogP contribution is 2.24. The van der Waals surface area contributed by atoms with Crippen LogP contribution in [0.2, 0.25) is 0 Å². The van der Waals surface area contributed by atoms with Crippen LogP contribution in [0.3, 0.4) is 0 Å². The zero-order valence-electron chi connectivity index (χ0n) is 7.69. The first kappa shape index (κ1) is 12.0. The predicted molar refractivity (Wildman–Crippen MR) is 62.3 cm³/mol. The summed E-state index contributed by atoms with van der Waals surface area (Å²) in [6.07, 6.45) is 2.39. The standard InChI is InChI=1S/C9H13BrN2OS/c10-8-2-1-4-12-9(8)14-6-7(11)3-5-13/h1-2,4,7,13H,3,5-6,11H2. The van der Waals surface area contributed by atoms with Gasteiger partial charge in [-0.3, -0.25) is 0 Å². The van der Waals surface area contributed by atoms with E-state index in [1.54, 1.807) is 18.0 Å². The van der Waals surface area contributed by atoms with Crippen LogP contribution in [-0.2, 0) is 0 Å². The Hall–Kier alpha value is -0.100. The molecule has 0 amide bonds. The second-order valence-corrected chi connectivity index (χ2v) is 4.74. The van der Waals surface area contributed by atoms with Crippen LogP contribution in [0.25, 0.3) is 0 Å². The van der Waals surface area contributed by atoms with Crippen LogP contribution in [0.15, 0.2) is 27.8 Å². The molecular weight excluding hydrogens is 264 g/mol. The molecule has 14 heavy (non-hydrogen) atoms. The molecule has 0 aliphatic rings. The highest BCUT2D eigenvalue weighted by Gasteiger charge is 2.05. The van der Waals surface area contributed by atoms with E-state index in [1.807, 2.05) is 12.1 Å². The average molecular weight is 277 g/mol. The lowest BCUT2D eigenvalue weighted by molar-refractivity contribution is 0.279. The van der Waals surface area contributed by atoms with E-state index in [-0.39, 0.29) is 12.6 Å². The molecule has 0 saturated carbocycles. The second kappa shape index (κ2) is 6.40. The zero-order valence-corrected chi connectivity index (χ0v) is 10.1. The van der Waals surface area contributed by atoms with Crippen LogP contribution < -0.4 is 5.73 Å². The van der Waals surface area contributed by atoms with E-state index < -0.39 is 0 Å². The average Bonchev–Trinajstić information content (AvgIpc) is 2.17. The van der Waals surface area contributed by atoms with Crippen molar-refractivity contribution in [3.05, 3.63) is 22.8 Å². The molecule has 1 aromatic heterocycles. The SMILES string of the molecule is NC(CCO)CSc1ncccc1Br. The van der Waals surface area contributed by atoms with E-state index in [0.717, 1.165) is 15.3 Å². The Morgan fingerprint density at radius 2 is 2.43 bits per heavy atom. The summed E-state index contributed by atoms with van der Waals surface area (Å²) in [5.41, 5.74) is 5.76. The fraction of sp³-hybridized carbons (Fsp3) is 0.444. The smallest absolute Gasteiger partial charge is 0.110 e. The summed E-state index contributed by atoms with van der Waals surface area (Å²) in [6, 6.07) is 3.85. The molecule has 78 valence electrons. The van der Waals surface area contributed by atoms with Gasteiger partial charge in [0, 0.05) is 29.1 Å². The number of aliphatic hydroxyl groups is 1. The molecule has 0 bridgehead atoms. The molecule has 0 fully saturated rings. The fourth-order valence-corrected chi connectivity index (χ4v) is 2.39. The van der Waals surface area contributed by atoms with Gasteiger partial charge < -0.3 is 10.8 Å². The Morgan fingerprint density at radius 3 is 3.07 bits per heavy atom. The van der Waals surface area contributed by atoms with Crippen molar-refractivity contribution in [3.63, 3.8) is 0 Å². The van der Waals surface area contributed by atoms with Crippen molar-refractivity contribution in [2.75, 3.05) is 12.4 Å². The fourth-order valence-electron chi connectivity index (χ4n) is 0.913. The first-order valence-corrected chi connectivity index (χ1v) is 6.11. The van der Waals surface area contributed by atoms with E-state index in [0.29, 0.717) is 6.42 Å². The molecule has 1 rings (SSSR count). The van der Waals surface area contributed by atoms with Crippen LogP contribution in [0, 0.1) is 0 Å². The molecule has 1 aromatic rings. The Labute approximate surface area is 96.2 Å². The highest BCUT2D eigenvalue weighted by atomic mass is 79.9. The number of hydrogen-bond donors (Lipinski definition) is 2. The van der Waals surface area contributed by atoms with Gasteiger partial charge in [0.2, 0.25) is 0 Å². The predicted octanol–water partition coefficient (Wildman–Crippen LogP) is 1.65. The molecule has 1 unspecified atom stereocenters. The molecule has 1 heterocycles. The van der Waals surface area contributed by atoms with Crippen molar-refractivity contribution < 1.29 is 5.11 Å². The van der Waals surface area contributed by atoms with Crippen LogP contribution in [0.4, 0.5) is 0 Å². The largest absolute Gasteiger partial charge is 0.396 e. The quantitative estimate of drug-likeness (QED) is 0.803. The van der Waals surface area contributed by atoms with Crippen LogP contribution in [0.5, 0.6) is 0 Å². The lowest BCUT2D eigenvalue weighted by Gasteiger charge is -2.09. The number of aliphatic hydroxyl groups excluding tert-OH is 1. The Morgan fingerprint density at radius 1 is 1.64 bits per heavy atom. The number of halogens is 1. The van der Waals surface area contributed by atoms with Crippen molar-refractivity contribution in [2.45, 2.75) is 17.5 Å². The first-order valence-electron chi connectivity index (χ1n) is 4.33. The summed E-state index contributed by atoms with van der Waals surface area (Å²) < 4.78 is 0.987. The molecule has 0 aromatic carbocycles. The molecule has 0 radical (unpaired) electrons.